The van der Waals surface area contributed by atoms with Crippen molar-refractivity contribution in [2.45, 2.75) is 38.4 Å². The number of halogens is 1. The first-order chi connectivity index (χ1) is 12.6. The maximum atomic E-state index is 14.2. The summed E-state index contributed by atoms with van der Waals surface area (Å²) in [5.74, 6) is -0.589. The molecule has 2 aromatic rings. The lowest BCUT2D eigenvalue weighted by molar-refractivity contribution is -0.0873. The van der Waals surface area contributed by atoms with Gasteiger partial charge in [-0.15, -0.1) is 0 Å². The predicted molar refractivity (Wildman–Crippen MR) is 98.6 cm³/mol. The van der Waals surface area contributed by atoms with Crippen LogP contribution < -0.4 is 0 Å². The Morgan fingerprint density at radius 1 is 1.12 bits per heavy atom. The van der Waals surface area contributed by atoms with Crippen molar-refractivity contribution in [3.05, 3.63) is 71.0 Å². The lowest BCUT2D eigenvalue weighted by atomic mass is 9.80. The summed E-state index contributed by atoms with van der Waals surface area (Å²) in [5.41, 5.74) is 2.43. The normalized spacial score (nSPS) is 25.8. The van der Waals surface area contributed by atoms with Crippen molar-refractivity contribution >= 4 is 5.78 Å². The molecule has 0 aromatic heterocycles. The van der Waals surface area contributed by atoms with E-state index >= 15 is 0 Å². The molecule has 0 saturated carbocycles. The number of carbonyl (C=O) groups excluding carboxylic acids is 1. The van der Waals surface area contributed by atoms with Crippen molar-refractivity contribution in [1.82, 2.24) is 4.90 Å². The number of Topliss-reactive ketones (excluding diaryl/α,β-unsaturated/α-hetero) is 1. The van der Waals surface area contributed by atoms with Crippen LogP contribution in [0.2, 0.25) is 0 Å². The molecule has 0 N–H and O–H groups in total. The van der Waals surface area contributed by atoms with Gasteiger partial charge < -0.3 is 4.74 Å². The van der Waals surface area contributed by atoms with Gasteiger partial charge in [-0.3, -0.25) is 9.69 Å². The van der Waals surface area contributed by atoms with E-state index in [1.165, 1.54) is 11.6 Å². The quantitative estimate of drug-likeness (QED) is 0.778. The second-order valence-electron chi connectivity index (χ2n) is 7.52. The first kappa shape index (κ1) is 17.4. The van der Waals surface area contributed by atoms with Crippen LogP contribution >= 0.6 is 0 Å². The first-order valence-corrected chi connectivity index (χ1v) is 9.29. The summed E-state index contributed by atoms with van der Waals surface area (Å²) >= 11 is 0. The maximum Gasteiger partial charge on any atom is 0.169 e. The minimum atomic E-state index is -0.409. The molecular weight excluding hydrogens is 329 g/mol. The molecule has 3 nitrogen and oxygen atoms in total. The van der Waals surface area contributed by atoms with Crippen LogP contribution in [0.15, 0.2) is 48.5 Å². The number of rotatable bonds is 4. The van der Waals surface area contributed by atoms with Crippen LogP contribution in [0.3, 0.4) is 0 Å². The SMILES string of the molecule is Cc1ccc(F)c(C(=O)C2CC3COCC(C2)N3Cc2ccccc2)c1. The number of hydrogen-bond donors (Lipinski definition) is 0. The second-order valence-corrected chi connectivity index (χ2v) is 7.52. The van der Waals surface area contributed by atoms with E-state index in [-0.39, 0.29) is 29.3 Å². The zero-order valence-corrected chi connectivity index (χ0v) is 15.0. The Bertz CT molecular complexity index is 778. The van der Waals surface area contributed by atoms with Crippen molar-refractivity contribution < 1.29 is 13.9 Å². The van der Waals surface area contributed by atoms with Crippen molar-refractivity contribution in [1.29, 1.82) is 0 Å². The van der Waals surface area contributed by atoms with Crippen molar-refractivity contribution in [3.63, 3.8) is 0 Å². The molecule has 136 valence electrons. The molecule has 0 aliphatic carbocycles. The smallest absolute Gasteiger partial charge is 0.169 e. The van der Waals surface area contributed by atoms with E-state index in [9.17, 15) is 9.18 Å². The van der Waals surface area contributed by atoms with Crippen LogP contribution in [0.25, 0.3) is 0 Å². The number of piperidine rings is 1. The van der Waals surface area contributed by atoms with E-state index in [0.717, 1.165) is 24.9 Å². The molecule has 4 heteroatoms. The van der Waals surface area contributed by atoms with Gasteiger partial charge in [-0.05, 0) is 37.5 Å². The number of carbonyl (C=O) groups is 1. The van der Waals surface area contributed by atoms with E-state index < -0.39 is 5.82 Å². The number of fused-ring (bicyclic) bond motifs is 2. The molecule has 2 heterocycles. The van der Waals surface area contributed by atoms with E-state index in [1.807, 2.05) is 13.0 Å². The van der Waals surface area contributed by atoms with Crippen molar-refractivity contribution in [3.8, 4) is 0 Å². The predicted octanol–water partition coefficient (Wildman–Crippen LogP) is 4.00. The zero-order valence-electron chi connectivity index (χ0n) is 15.0. The van der Waals surface area contributed by atoms with Crippen LogP contribution in [0.5, 0.6) is 0 Å². The Morgan fingerprint density at radius 2 is 1.81 bits per heavy atom. The monoisotopic (exact) mass is 353 g/mol. The fourth-order valence-electron chi connectivity index (χ4n) is 4.30. The molecule has 2 fully saturated rings. The summed E-state index contributed by atoms with van der Waals surface area (Å²) in [5, 5.41) is 0. The molecular formula is C22H24FNO2. The topological polar surface area (TPSA) is 29.5 Å². The number of ether oxygens (including phenoxy) is 1. The highest BCUT2D eigenvalue weighted by molar-refractivity contribution is 5.98. The average molecular weight is 353 g/mol. The fraction of sp³-hybridized carbons (Fsp3) is 0.409. The Balaban J connectivity index is 1.52. The van der Waals surface area contributed by atoms with Crippen molar-refractivity contribution in [2.75, 3.05) is 13.2 Å². The van der Waals surface area contributed by atoms with Gasteiger partial charge in [0.1, 0.15) is 5.82 Å². The van der Waals surface area contributed by atoms with Gasteiger partial charge in [-0.2, -0.15) is 0 Å². The fourth-order valence-corrected chi connectivity index (χ4v) is 4.30. The standard InChI is InChI=1S/C22H24FNO2/c1-15-7-8-21(23)20(9-15)22(25)17-10-18-13-26-14-19(11-17)24(18)12-16-5-3-2-4-6-16/h2-9,17-19H,10-14H2,1H3. The molecule has 2 aliphatic rings. The second kappa shape index (κ2) is 7.29. The molecule has 4 rings (SSSR count). The number of aryl methyl sites for hydroxylation is 1. The third-order valence-electron chi connectivity index (χ3n) is 5.64. The minimum absolute atomic E-state index is 0.0533. The molecule has 2 aliphatic heterocycles. The van der Waals surface area contributed by atoms with Gasteiger partial charge in [0, 0.05) is 24.5 Å². The Labute approximate surface area is 153 Å². The number of morpholine rings is 1. The highest BCUT2D eigenvalue weighted by Gasteiger charge is 2.41. The molecule has 0 amide bonds. The maximum absolute atomic E-state index is 14.2. The van der Waals surface area contributed by atoms with Crippen molar-refractivity contribution in [2.24, 2.45) is 5.92 Å². The van der Waals surface area contributed by atoms with Gasteiger partial charge in [0.25, 0.3) is 0 Å². The summed E-state index contributed by atoms with van der Waals surface area (Å²) < 4.78 is 19.9. The van der Waals surface area contributed by atoms with Crippen LogP contribution in [0, 0.1) is 18.7 Å². The first-order valence-electron chi connectivity index (χ1n) is 9.29. The number of ketones is 1. The van der Waals surface area contributed by atoms with Gasteiger partial charge >= 0.3 is 0 Å². The highest BCUT2D eigenvalue weighted by atomic mass is 19.1. The molecule has 0 spiro atoms. The van der Waals surface area contributed by atoms with E-state index in [0.29, 0.717) is 13.2 Å². The molecule has 2 atom stereocenters. The summed E-state index contributed by atoms with van der Waals surface area (Å²) in [6.07, 6.45) is 1.46. The number of benzene rings is 2. The number of nitrogens with zero attached hydrogens (tertiary/aromatic N) is 1. The summed E-state index contributed by atoms with van der Waals surface area (Å²) in [6.45, 7) is 4.05. The van der Waals surface area contributed by atoms with E-state index in [2.05, 4.69) is 29.2 Å². The third kappa shape index (κ3) is 3.44. The summed E-state index contributed by atoms with van der Waals surface area (Å²) in [7, 11) is 0. The van der Waals surface area contributed by atoms with Gasteiger partial charge in [-0.25, -0.2) is 4.39 Å². The Morgan fingerprint density at radius 3 is 2.50 bits per heavy atom. The molecule has 2 aromatic carbocycles. The molecule has 2 bridgehead atoms. The van der Waals surface area contributed by atoms with Crippen LogP contribution in [-0.2, 0) is 11.3 Å². The largest absolute Gasteiger partial charge is 0.378 e. The van der Waals surface area contributed by atoms with E-state index in [1.54, 1.807) is 12.1 Å². The van der Waals surface area contributed by atoms with Crippen LogP contribution in [0.4, 0.5) is 4.39 Å². The molecule has 2 unspecified atom stereocenters. The Kier molecular flexibility index (Phi) is 4.88. The van der Waals surface area contributed by atoms with Crippen LogP contribution in [0.1, 0.15) is 34.3 Å². The average Bonchev–Trinajstić information content (AvgIpc) is 2.64. The molecule has 2 saturated heterocycles. The molecule has 0 radical (unpaired) electrons. The lowest BCUT2D eigenvalue weighted by Gasteiger charge is -2.48. The zero-order chi connectivity index (χ0) is 18.1. The van der Waals surface area contributed by atoms with E-state index in [4.69, 9.17) is 4.74 Å². The summed E-state index contributed by atoms with van der Waals surface area (Å²) in [4.78, 5) is 15.4. The highest BCUT2D eigenvalue weighted by Crippen LogP contribution is 2.35. The third-order valence-corrected chi connectivity index (χ3v) is 5.64. The number of hydrogen-bond acceptors (Lipinski definition) is 3. The van der Waals surface area contributed by atoms with Gasteiger partial charge in [-0.1, -0.05) is 42.0 Å². The molecule has 26 heavy (non-hydrogen) atoms. The summed E-state index contributed by atoms with van der Waals surface area (Å²) in [6, 6.07) is 15.6. The lowest BCUT2D eigenvalue weighted by Crippen LogP contribution is -2.57. The minimum Gasteiger partial charge on any atom is -0.378 e. The van der Waals surface area contributed by atoms with Crippen LogP contribution in [-0.4, -0.2) is 36.0 Å². The van der Waals surface area contributed by atoms with Gasteiger partial charge in [0.05, 0.1) is 18.8 Å². The Hall–Kier alpha value is -2.04. The van der Waals surface area contributed by atoms with Gasteiger partial charge in [0.2, 0.25) is 0 Å². The van der Waals surface area contributed by atoms with Gasteiger partial charge in [0.15, 0.2) is 5.78 Å².